The summed E-state index contributed by atoms with van der Waals surface area (Å²) in [4.78, 5) is 4.47. The molecule has 2 rings (SSSR count). The Kier molecular flexibility index (Phi) is 3.00. The normalized spacial score (nSPS) is 12.9. The van der Waals surface area contributed by atoms with Crippen LogP contribution in [0.2, 0.25) is 0 Å². The second-order valence-electron chi connectivity index (χ2n) is 6.42. The number of hydrogen-bond donors (Lipinski definition) is 1. The summed E-state index contributed by atoms with van der Waals surface area (Å²) < 4.78 is 2.12. The van der Waals surface area contributed by atoms with Crippen molar-refractivity contribution in [2.45, 2.75) is 52.0 Å². The lowest BCUT2D eigenvalue weighted by Gasteiger charge is -2.22. The maximum Gasteiger partial charge on any atom is 0.0949 e. The SMILES string of the molecule is CC(C)(C)c1cn(CC(C)(C)c2cn[nH]n2)cn1. The van der Waals surface area contributed by atoms with Crippen molar-refractivity contribution in [3.63, 3.8) is 0 Å². The van der Waals surface area contributed by atoms with Crippen LogP contribution in [0.15, 0.2) is 18.7 Å². The molecule has 2 heterocycles. The number of imidazole rings is 1. The van der Waals surface area contributed by atoms with Gasteiger partial charge in [0.05, 0.1) is 23.9 Å². The number of aromatic amines is 1. The van der Waals surface area contributed by atoms with E-state index in [0.29, 0.717) is 0 Å². The highest BCUT2D eigenvalue weighted by atomic mass is 15.3. The van der Waals surface area contributed by atoms with Crippen molar-refractivity contribution in [1.82, 2.24) is 25.0 Å². The maximum absolute atomic E-state index is 4.47. The molecule has 0 radical (unpaired) electrons. The lowest BCUT2D eigenvalue weighted by Crippen LogP contribution is -2.24. The van der Waals surface area contributed by atoms with E-state index in [9.17, 15) is 0 Å². The molecular formula is C13H21N5. The summed E-state index contributed by atoms with van der Waals surface area (Å²) in [6.45, 7) is 11.7. The lowest BCUT2D eigenvalue weighted by atomic mass is 9.89. The zero-order valence-corrected chi connectivity index (χ0v) is 11.7. The molecule has 0 unspecified atom stereocenters. The van der Waals surface area contributed by atoms with Crippen LogP contribution < -0.4 is 0 Å². The van der Waals surface area contributed by atoms with E-state index in [0.717, 1.165) is 17.9 Å². The van der Waals surface area contributed by atoms with Crippen molar-refractivity contribution in [3.8, 4) is 0 Å². The van der Waals surface area contributed by atoms with Crippen LogP contribution in [0.5, 0.6) is 0 Å². The van der Waals surface area contributed by atoms with Gasteiger partial charge in [-0.25, -0.2) is 4.98 Å². The van der Waals surface area contributed by atoms with Gasteiger partial charge in [0.25, 0.3) is 0 Å². The molecule has 0 aromatic carbocycles. The molecule has 0 aliphatic rings. The zero-order chi connectivity index (χ0) is 13.4. The highest BCUT2D eigenvalue weighted by Crippen LogP contribution is 2.24. The summed E-state index contributed by atoms with van der Waals surface area (Å²) in [6, 6.07) is 0. The van der Waals surface area contributed by atoms with Gasteiger partial charge in [-0.1, -0.05) is 34.6 Å². The molecule has 18 heavy (non-hydrogen) atoms. The minimum Gasteiger partial charge on any atom is -0.336 e. The van der Waals surface area contributed by atoms with E-state index in [-0.39, 0.29) is 10.8 Å². The van der Waals surface area contributed by atoms with E-state index in [1.165, 1.54) is 0 Å². The zero-order valence-electron chi connectivity index (χ0n) is 11.7. The number of rotatable bonds is 3. The minimum atomic E-state index is -0.0666. The molecule has 0 saturated heterocycles. The Balaban J connectivity index is 2.17. The third kappa shape index (κ3) is 2.60. The van der Waals surface area contributed by atoms with Gasteiger partial charge in [0.15, 0.2) is 0 Å². The predicted molar refractivity (Wildman–Crippen MR) is 70.3 cm³/mol. The molecule has 5 heteroatoms. The fourth-order valence-corrected chi connectivity index (χ4v) is 1.90. The van der Waals surface area contributed by atoms with Crippen LogP contribution in [0.1, 0.15) is 46.0 Å². The van der Waals surface area contributed by atoms with Gasteiger partial charge < -0.3 is 4.57 Å². The second-order valence-corrected chi connectivity index (χ2v) is 6.42. The first kappa shape index (κ1) is 12.8. The summed E-state index contributed by atoms with van der Waals surface area (Å²) >= 11 is 0. The molecule has 2 aromatic rings. The summed E-state index contributed by atoms with van der Waals surface area (Å²) in [5, 5.41) is 10.7. The van der Waals surface area contributed by atoms with E-state index >= 15 is 0 Å². The van der Waals surface area contributed by atoms with E-state index < -0.39 is 0 Å². The third-order valence-corrected chi connectivity index (χ3v) is 3.09. The molecule has 0 atom stereocenters. The molecule has 5 nitrogen and oxygen atoms in total. The Bertz CT molecular complexity index is 502. The number of hydrogen-bond acceptors (Lipinski definition) is 3. The monoisotopic (exact) mass is 247 g/mol. The van der Waals surface area contributed by atoms with E-state index in [1.54, 1.807) is 6.20 Å². The van der Waals surface area contributed by atoms with Gasteiger partial charge in [0.2, 0.25) is 0 Å². The van der Waals surface area contributed by atoms with Crippen LogP contribution in [0.4, 0.5) is 0 Å². The largest absolute Gasteiger partial charge is 0.336 e. The Morgan fingerprint density at radius 1 is 1.17 bits per heavy atom. The van der Waals surface area contributed by atoms with Gasteiger partial charge in [-0.15, -0.1) is 0 Å². The molecule has 0 spiro atoms. The van der Waals surface area contributed by atoms with Gasteiger partial charge in [0.1, 0.15) is 0 Å². The van der Waals surface area contributed by atoms with Crippen LogP contribution in [0.3, 0.4) is 0 Å². The van der Waals surface area contributed by atoms with Crippen molar-refractivity contribution in [2.75, 3.05) is 0 Å². The summed E-state index contributed by atoms with van der Waals surface area (Å²) in [5.41, 5.74) is 2.10. The van der Waals surface area contributed by atoms with Gasteiger partial charge >= 0.3 is 0 Å². The number of H-pyrrole nitrogens is 1. The number of nitrogens with zero attached hydrogens (tertiary/aromatic N) is 4. The van der Waals surface area contributed by atoms with Gasteiger partial charge in [-0.2, -0.15) is 15.4 Å². The highest BCUT2D eigenvalue weighted by Gasteiger charge is 2.25. The Morgan fingerprint density at radius 3 is 2.39 bits per heavy atom. The average molecular weight is 247 g/mol. The molecule has 0 amide bonds. The minimum absolute atomic E-state index is 0.0666. The van der Waals surface area contributed by atoms with Crippen molar-refractivity contribution < 1.29 is 0 Å². The summed E-state index contributed by atoms with van der Waals surface area (Å²) in [7, 11) is 0. The first-order chi connectivity index (χ1) is 8.29. The lowest BCUT2D eigenvalue weighted by molar-refractivity contribution is 0.422. The van der Waals surface area contributed by atoms with Crippen LogP contribution in [-0.4, -0.2) is 25.0 Å². The molecule has 0 aliphatic carbocycles. The van der Waals surface area contributed by atoms with Crippen molar-refractivity contribution in [1.29, 1.82) is 0 Å². The van der Waals surface area contributed by atoms with Crippen molar-refractivity contribution in [2.24, 2.45) is 0 Å². The molecule has 0 aliphatic heterocycles. The van der Waals surface area contributed by atoms with Crippen LogP contribution in [0, 0.1) is 0 Å². The van der Waals surface area contributed by atoms with E-state index in [1.807, 2.05) is 6.33 Å². The molecular weight excluding hydrogens is 226 g/mol. The van der Waals surface area contributed by atoms with Gasteiger partial charge in [0, 0.05) is 23.6 Å². The highest BCUT2D eigenvalue weighted by molar-refractivity contribution is 5.12. The maximum atomic E-state index is 4.47. The first-order valence-corrected chi connectivity index (χ1v) is 6.17. The van der Waals surface area contributed by atoms with E-state index in [4.69, 9.17) is 0 Å². The van der Waals surface area contributed by atoms with Gasteiger partial charge in [-0.3, -0.25) is 0 Å². The molecule has 0 fully saturated rings. The van der Waals surface area contributed by atoms with Crippen LogP contribution in [0.25, 0.3) is 0 Å². The van der Waals surface area contributed by atoms with Crippen LogP contribution >= 0.6 is 0 Å². The Labute approximate surface area is 108 Å². The van der Waals surface area contributed by atoms with Crippen molar-refractivity contribution >= 4 is 0 Å². The topological polar surface area (TPSA) is 59.4 Å². The number of aromatic nitrogens is 5. The Hall–Kier alpha value is -1.65. The van der Waals surface area contributed by atoms with Crippen molar-refractivity contribution in [3.05, 3.63) is 30.1 Å². The fourth-order valence-electron chi connectivity index (χ4n) is 1.90. The average Bonchev–Trinajstić information content (AvgIpc) is 2.83. The quantitative estimate of drug-likeness (QED) is 0.905. The summed E-state index contributed by atoms with van der Waals surface area (Å²) in [5.74, 6) is 0. The first-order valence-electron chi connectivity index (χ1n) is 6.17. The summed E-state index contributed by atoms with van der Waals surface area (Å²) in [6.07, 6.45) is 5.78. The smallest absolute Gasteiger partial charge is 0.0949 e. The molecule has 2 aromatic heterocycles. The second kappa shape index (κ2) is 4.23. The van der Waals surface area contributed by atoms with Gasteiger partial charge in [-0.05, 0) is 0 Å². The van der Waals surface area contributed by atoms with E-state index in [2.05, 4.69) is 65.8 Å². The molecule has 0 bridgehead atoms. The standard InChI is InChI=1S/C13H21N5/c1-12(2,3)11-7-18(9-14-11)8-13(4,5)10-6-15-17-16-10/h6-7,9H,8H2,1-5H3,(H,15,16,17). The molecule has 98 valence electrons. The van der Waals surface area contributed by atoms with Crippen LogP contribution in [-0.2, 0) is 17.4 Å². The third-order valence-electron chi connectivity index (χ3n) is 3.09. The number of nitrogens with one attached hydrogen (secondary N) is 1. The fraction of sp³-hybridized carbons (Fsp3) is 0.615. The predicted octanol–water partition coefficient (Wildman–Crippen LogP) is 2.28. The molecule has 1 N–H and O–H groups in total. The Morgan fingerprint density at radius 2 is 1.89 bits per heavy atom. The molecule has 0 saturated carbocycles.